The molecule has 0 saturated carbocycles. The fraction of sp³-hybridized carbons (Fsp3) is 0.632. The third-order valence-electron chi connectivity index (χ3n) is 4.25. The number of hydrogen-bond donors (Lipinski definition) is 1. The third-order valence-corrected chi connectivity index (χ3v) is 4.25. The van der Waals surface area contributed by atoms with Crippen molar-refractivity contribution < 1.29 is 18.7 Å². The number of hydrogen-bond acceptors (Lipinski definition) is 5. The van der Waals surface area contributed by atoms with E-state index in [0.717, 1.165) is 5.96 Å². The van der Waals surface area contributed by atoms with Crippen LogP contribution < -0.4 is 5.32 Å². The summed E-state index contributed by atoms with van der Waals surface area (Å²) >= 11 is 0. The number of ether oxygens (including phenoxy) is 1. The summed E-state index contributed by atoms with van der Waals surface area (Å²) < 4.78 is 10.5. The maximum absolute atomic E-state index is 12.3. The number of furan rings is 1. The van der Waals surface area contributed by atoms with E-state index >= 15 is 0 Å². The summed E-state index contributed by atoms with van der Waals surface area (Å²) in [4.78, 5) is 34.0. The van der Waals surface area contributed by atoms with E-state index in [1.165, 1.54) is 11.2 Å². The van der Waals surface area contributed by atoms with Crippen LogP contribution in [0.2, 0.25) is 0 Å². The highest BCUT2D eigenvalue weighted by molar-refractivity contribution is 5.91. The first-order chi connectivity index (χ1) is 13.2. The van der Waals surface area contributed by atoms with Gasteiger partial charge in [-0.2, -0.15) is 0 Å². The molecule has 2 heterocycles. The van der Waals surface area contributed by atoms with Crippen LogP contribution in [0.25, 0.3) is 0 Å². The summed E-state index contributed by atoms with van der Waals surface area (Å²) in [5.41, 5.74) is -0.512. The lowest BCUT2D eigenvalue weighted by atomic mass is 10.2. The van der Waals surface area contributed by atoms with E-state index in [2.05, 4.69) is 15.2 Å². The van der Waals surface area contributed by atoms with Gasteiger partial charge in [-0.3, -0.25) is 9.79 Å². The van der Waals surface area contributed by atoms with Crippen molar-refractivity contribution in [2.75, 3.05) is 53.4 Å². The lowest BCUT2D eigenvalue weighted by Gasteiger charge is -2.36. The number of amides is 2. The van der Waals surface area contributed by atoms with Gasteiger partial charge in [0.2, 0.25) is 0 Å². The van der Waals surface area contributed by atoms with Crippen LogP contribution in [0.5, 0.6) is 0 Å². The summed E-state index contributed by atoms with van der Waals surface area (Å²) in [5, 5.41) is 3.26. The van der Waals surface area contributed by atoms with Crippen molar-refractivity contribution in [2.24, 2.45) is 4.99 Å². The molecule has 1 saturated heterocycles. The second-order valence-electron chi connectivity index (χ2n) is 7.63. The number of guanidine groups is 1. The molecular formula is C19H31N5O4. The van der Waals surface area contributed by atoms with E-state index in [1.54, 1.807) is 31.1 Å². The van der Waals surface area contributed by atoms with E-state index in [9.17, 15) is 9.59 Å². The van der Waals surface area contributed by atoms with Gasteiger partial charge in [-0.15, -0.1) is 0 Å². The molecule has 1 fully saturated rings. The van der Waals surface area contributed by atoms with Crippen molar-refractivity contribution in [2.45, 2.75) is 26.4 Å². The van der Waals surface area contributed by atoms with Crippen LogP contribution in [0, 0.1) is 0 Å². The van der Waals surface area contributed by atoms with Crippen LogP contribution >= 0.6 is 0 Å². The molecule has 28 heavy (non-hydrogen) atoms. The molecule has 1 aromatic rings. The van der Waals surface area contributed by atoms with E-state index in [0.29, 0.717) is 45.0 Å². The minimum absolute atomic E-state index is 0.0911. The number of piperazine rings is 1. The number of carbonyl (C=O) groups is 2. The smallest absolute Gasteiger partial charge is 0.410 e. The number of rotatable bonds is 4. The van der Waals surface area contributed by atoms with Crippen LogP contribution in [0.15, 0.2) is 27.8 Å². The molecule has 2 rings (SSSR count). The zero-order valence-corrected chi connectivity index (χ0v) is 17.4. The molecule has 0 aromatic carbocycles. The maximum Gasteiger partial charge on any atom is 0.410 e. The Bertz CT molecular complexity index is 673. The minimum Gasteiger partial charge on any atom is -0.459 e. The molecule has 0 unspecified atom stereocenters. The molecule has 0 atom stereocenters. The summed E-state index contributed by atoms with van der Waals surface area (Å²) in [5.74, 6) is 1.02. The Hall–Kier alpha value is -2.71. The first kappa shape index (κ1) is 21.6. The first-order valence-corrected chi connectivity index (χ1v) is 9.44. The van der Waals surface area contributed by atoms with Gasteiger partial charge in [-0.05, 0) is 32.9 Å². The van der Waals surface area contributed by atoms with Gasteiger partial charge in [0.25, 0.3) is 5.91 Å². The molecule has 0 spiro atoms. The van der Waals surface area contributed by atoms with Gasteiger partial charge in [0, 0.05) is 53.4 Å². The molecule has 1 aliphatic rings. The first-order valence-electron chi connectivity index (χ1n) is 9.44. The zero-order valence-electron chi connectivity index (χ0n) is 17.4. The third kappa shape index (κ3) is 6.17. The molecular weight excluding hydrogens is 362 g/mol. The molecule has 1 N–H and O–H groups in total. The lowest BCUT2D eigenvalue weighted by molar-refractivity contribution is 0.0302. The Kier molecular flexibility index (Phi) is 7.31. The number of aliphatic imine (C=N–C) groups is 1. The van der Waals surface area contributed by atoms with Gasteiger partial charge in [0.05, 0.1) is 6.26 Å². The highest BCUT2D eigenvalue weighted by atomic mass is 16.6. The average molecular weight is 393 g/mol. The van der Waals surface area contributed by atoms with Crippen LogP contribution in [-0.2, 0) is 4.74 Å². The van der Waals surface area contributed by atoms with E-state index in [-0.39, 0.29) is 12.0 Å². The summed E-state index contributed by atoms with van der Waals surface area (Å²) in [7, 11) is 3.43. The second kappa shape index (κ2) is 9.48. The second-order valence-corrected chi connectivity index (χ2v) is 7.63. The van der Waals surface area contributed by atoms with Gasteiger partial charge >= 0.3 is 6.09 Å². The van der Waals surface area contributed by atoms with E-state index in [4.69, 9.17) is 9.15 Å². The monoisotopic (exact) mass is 393 g/mol. The van der Waals surface area contributed by atoms with Crippen molar-refractivity contribution in [1.82, 2.24) is 20.0 Å². The summed E-state index contributed by atoms with van der Waals surface area (Å²) in [6.45, 7) is 9.11. The zero-order chi connectivity index (χ0) is 20.7. The Labute approximate surface area is 166 Å². The predicted molar refractivity (Wildman–Crippen MR) is 106 cm³/mol. The van der Waals surface area contributed by atoms with Crippen molar-refractivity contribution in [3.05, 3.63) is 24.2 Å². The molecule has 0 bridgehead atoms. The summed E-state index contributed by atoms with van der Waals surface area (Å²) in [6, 6.07) is 3.39. The van der Waals surface area contributed by atoms with Crippen molar-refractivity contribution in [3.63, 3.8) is 0 Å². The van der Waals surface area contributed by atoms with E-state index < -0.39 is 5.60 Å². The fourth-order valence-electron chi connectivity index (χ4n) is 2.78. The van der Waals surface area contributed by atoms with Crippen molar-refractivity contribution in [3.8, 4) is 0 Å². The SMILES string of the molecule is CN=C(NCCN(C)C(=O)OC(C)(C)C)N1CCN(C(=O)c2ccco2)CC1. The normalized spacial score (nSPS) is 15.4. The van der Waals surface area contributed by atoms with E-state index in [1.807, 2.05) is 20.8 Å². The lowest BCUT2D eigenvalue weighted by Crippen LogP contribution is -2.54. The molecule has 1 aliphatic heterocycles. The Morgan fingerprint density at radius 3 is 2.43 bits per heavy atom. The fourth-order valence-corrected chi connectivity index (χ4v) is 2.78. The molecule has 1 aromatic heterocycles. The Morgan fingerprint density at radius 1 is 1.25 bits per heavy atom. The average Bonchev–Trinajstić information content (AvgIpc) is 3.18. The molecule has 0 aliphatic carbocycles. The van der Waals surface area contributed by atoms with Crippen molar-refractivity contribution in [1.29, 1.82) is 0 Å². The quantitative estimate of drug-likeness (QED) is 0.616. The number of carbonyl (C=O) groups excluding carboxylic acids is 2. The molecule has 156 valence electrons. The van der Waals surface area contributed by atoms with Gasteiger partial charge < -0.3 is 29.2 Å². The highest BCUT2D eigenvalue weighted by Gasteiger charge is 2.25. The molecule has 9 nitrogen and oxygen atoms in total. The Balaban J connectivity index is 1.76. The molecule has 9 heteroatoms. The topological polar surface area (TPSA) is 90.6 Å². The number of nitrogens with one attached hydrogen (secondary N) is 1. The predicted octanol–water partition coefficient (Wildman–Crippen LogP) is 1.48. The van der Waals surface area contributed by atoms with Crippen LogP contribution in [0.1, 0.15) is 31.3 Å². The van der Waals surface area contributed by atoms with Gasteiger partial charge in [-0.1, -0.05) is 0 Å². The van der Waals surface area contributed by atoms with Crippen molar-refractivity contribution >= 4 is 18.0 Å². The largest absolute Gasteiger partial charge is 0.459 e. The standard InChI is InChI=1S/C19H31N5O4/c1-19(2,3)28-18(26)22(5)9-8-21-17(20-4)24-12-10-23(11-13-24)16(25)15-7-6-14-27-15/h6-7,14H,8-13H2,1-5H3,(H,20,21). The highest BCUT2D eigenvalue weighted by Crippen LogP contribution is 2.10. The number of likely N-dealkylation sites (N-methyl/N-ethyl adjacent to an activating group) is 1. The van der Waals surface area contributed by atoms with Crippen LogP contribution in [0.4, 0.5) is 4.79 Å². The maximum atomic E-state index is 12.3. The Morgan fingerprint density at radius 2 is 1.89 bits per heavy atom. The molecule has 2 amide bonds. The number of nitrogens with zero attached hydrogens (tertiary/aromatic N) is 4. The minimum atomic E-state index is -0.512. The van der Waals surface area contributed by atoms with Gasteiger partial charge in [-0.25, -0.2) is 4.79 Å². The van der Waals surface area contributed by atoms with Crippen LogP contribution in [-0.4, -0.2) is 91.6 Å². The van der Waals surface area contributed by atoms with Gasteiger partial charge in [0.1, 0.15) is 5.60 Å². The molecule has 0 radical (unpaired) electrons. The van der Waals surface area contributed by atoms with Crippen LogP contribution in [0.3, 0.4) is 0 Å². The summed E-state index contributed by atoms with van der Waals surface area (Å²) in [6.07, 6.45) is 1.15. The van der Waals surface area contributed by atoms with Gasteiger partial charge in [0.15, 0.2) is 11.7 Å².